The predicted octanol–water partition coefficient (Wildman–Crippen LogP) is 5.25. The van der Waals surface area contributed by atoms with Crippen LogP contribution in [0.5, 0.6) is 5.88 Å². The fourth-order valence-electron chi connectivity index (χ4n) is 5.06. The van der Waals surface area contributed by atoms with E-state index in [1.54, 1.807) is 12.3 Å². The number of alkyl halides is 3. The number of fused-ring (bicyclic) bond motifs is 3. The van der Waals surface area contributed by atoms with Crippen molar-refractivity contribution in [1.29, 1.82) is 0 Å². The SMILES string of the molecule is Cc1ccc(C(=O)N2C[C@@H]3CC[C@H]2[C@H](Oc2ccc(C(F)(F)F)cn2)C3)c(-c2ncccc2C)n1. The second kappa shape index (κ2) is 8.94. The molecule has 0 unspecified atom stereocenters. The number of nitrogens with zero attached hydrogens (tertiary/aromatic N) is 4. The third-order valence-corrected chi connectivity index (χ3v) is 6.82. The molecule has 6 nitrogen and oxygen atoms in total. The number of hydrogen-bond donors (Lipinski definition) is 0. The Morgan fingerprint density at radius 1 is 1.06 bits per heavy atom. The maximum atomic E-state index is 13.8. The Labute approximate surface area is 201 Å². The normalized spacial score (nSPS) is 21.7. The van der Waals surface area contributed by atoms with Gasteiger partial charge in [-0.25, -0.2) is 4.98 Å². The number of aromatic nitrogens is 3. The van der Waals surface area contributed by atoms with Crippen LogP contribution in [0.15, 0.2) is 48.8 Å². The fraction of sp³-hybridized carbons (Fsp3) is 0.385. The van der Waals surface area contributed by atoms with Gasteiger partial charge in [-0.1, -0.05) is 6.07 Å². The van der Waals surface area contributed by atoms with Crippen LogP contribution in [0.4, 0.5) is 13.2 Å². The van der Waals surface area contributed by atoms with E-state index < -0.39 is 11.7 Å². The summed E-state index contributed by atoms with van der Waals surface area (Å²) >= 11 is 0. The van der Waals surface area contributed by atoms with Crippen LogP contribution >= 0.6 is 0 Å². The topological polar surface area (TPSA) is 68.2 Å². The molecule has 1 aliphatic carbocycles. The Hall–Kier alpha value is -3.49. The number of ether oxygens (including phenoxy) is 1. The molecule has 3 atom stereocenters. The highest BCUT2D eigenvalue weighted by Gasteiger charge is 2.45. The third-order valence-electron chi connectivity index (χ3n) is 6.82. The highest BCUT2D eigenvalue weighted by atomic mass is 19.4. The zero-order valence-electron chi connectivity index (χ0n) is 19.4. The van der Waals surface area contributed by atoms with Crippen molar-refractivity contribution in [3.63, 3.8) is 0 Å². The smallest absolute Gasteiger partial charge is 0.417 e. The van der Waals surface area contributed by atoms with Gasteiger partial charge in [0.2, 0.25) is 5.88 Å². The molecule has 3 aliphatic rings. The van der Waals surface area contributed by atoms with Crippen LogP contribution in [0.2, 0.25) is 0 Å². The number of hydrogen-bond acceptors (Lipinski definition) is 5. The van der Waals surface area contributed by atoms with Gasteiger partial charge in [0, 0.05) is 30.7 Å². The molecule has 0 N–H and O–H groups in total. The lowest BCUT2D eigenvalue weighted by molar-refractivity contribution is -0.137. The molecule has 1 amide bonds. The number of carbonyl (C=O) groups excluding carboxylic acids is 1. The molecule has 9 heteroatoms. The summed E-state index contributed by atoms with van der Waals surface area (Å²) in [4.78, 5) is 28.6. The third kappa shape index (κ3) is 4.59. The number of piperidine rings is 2. The quantitative estimate of drug-likeness (QED) is 0.508. The number of rotatable bonds is 4. The Morgan fingerprint density at radius 3 is 2.57 bits per heavy atom. The summed E-state index contributed by atoms with van der Waals surface area (Å²) in [5, 5.41) is 0. The van der Waals surface area contributed by atoms with E-state index in [4.69, 9.17) is 4.74 Å². The summed E-state index contributed by atoms with van der Waals surface area (Å²) in [6, 6.07) is 9.40. The monoisotopic (exact) mass is 482 g/mol. The molecular formula is C26H25F3N4O2. The molecule has 2 bridgehead atoms. The van der Waals surface area contributed by atoms with Crippen molar-refractivity contribution in [3.8, 4) is 17.3 Å². The Morgan fingerprint density at radius 2 is 1.89 bits per heavy atom. The van der Waals surface area contributed by atoms with E-state index in [0.717, 1.165) is 42.8 Å². The van der Waals surface area contributed by atoms with Gasteiger partial charge in [-0.15, -0.1) is 0 Å². The molecule has 5 heterocycles. The van der Waals surface area contributed by atoms with Crippen molar-refractivity contribution in [2.24, 2.45) is 5.92 Å². The van der Waals surface area contributed by atoms with E-state index in [9.17, 15) is 18.0 Å². The Balaban J connectivity index is 1.41. The summed E-state index contributed by atoms with van der Waals surface area (Å²) < 4.78 is 44.6. The molecule has 3 aromatic rings. The lowest BCUT2D eigenvalue weighted by atomic mass is 9.77. The second-order valence-corrected chi connectivity index (χ2v) is 9.26. The first kappa shape index (κ1) is 23.3. The number of pyridine rings is 3. The van der Waals surface area contributed by atoms with Crippen LogP contribution in [0.1, 0.15) is 46.4 Å². The van der Waals surface area contributed by atoms with E-state index in [1.807, 2.05) is 36.9 Å². The van der Waals surface area contributed by atoms with E-state index in [-0.39, 0.29) is 29.9 Å². The van der Waals surface area contributed by atoms with Crippen molar-refractivity contribution in [2.75, 3.05) is 6.54 Å². The maximum absolute atomic E-state index is 13.8. The minimum atomic E-state index is -4.45. The minimum absolute atomic E-state index is 0.129. The first-order chi connectivity index (χ1) is 16.7. The molecule has 0 radical (unpaired) electrons. The van der Waals surface area contributed by atoms with Gasteiger partial charge in [0.05, 0.1) is 22.9 Å². The molecule has 2 aliphatic heterocycles. The Kier molecular flexibility index (Phi) is 5.94. The number of aryl methyl sites for hydroxylation is 2. The van der Waals surface area contributed by atoms with Gasteiger partial charge < -0.3 is 9.64 Å². The molecule has 3 aromatic heterocycles. The molecule has 0 aromatic carbocycles. The predicted molar refractivity (Wildman–Crippen MR) is 123 cm³/mol. The molecular weight excluding hydrogens is 457 g/mol. The van der Waals surface area contributed by atoms with Gasteiger partial charge in [0.15, 0.2) is 0 Å². The van der Waals surface area contributed by atoms with E-state index in [1.165, 1.54) is 6.07 Å². The molecule has 1 saturated carbocycles. The van der Waals surface area contributed by atoms with Gasteiger partial charge >= 0.3 is 6.18 Å². The summed E-state index contributed by atoms with van der Waals surface area (Å²) in [6.07, 6.45) is 0.142. The zero-order chi connectivity index (χ0) is 24.7. The van der Waals surface area contributed by atoms with E-state index >= 15 is 0 Å². The van der Waals surface area contributed by atoms with Gasteiger partial charge in [0.1, 0.15) is 11.8 Å². The summed E-state index contributed by atoms with van der Waals surface area (Å²) in [7, 11) is 0. The minimum Gasteiger partial charge on any atom is -0.472 e. The first-order valence-electron chi connectivity index (χ1n) is 11.6. The van der Waals surface area contributed by atoms with Crippen molar-refractivity contribution < 1.29 is 22.7 Å². The lowest BCUT2D eigenvalue weighted by Crippen LogP contribution is -2.59. The molecule has 6 rings (SSSR count). The van der Waals surface area contributed by atoms with E-state index in [2.05, 4.69) is 15.0 Å². The molecule has 182 valence electrons. The zero-order valence-corrected chi connectivity index (χ0v) is 19.4. The average molecular weight is 483 g/mol. The average Bonchev–Trinajstić information content (AvgIpc) is 2.84. The van der Waals surface area contributed by atoms with Crippen LogP contribution < -0.4 is 4.74 Å². The van der Waals surface area contributed by atoms with Gasteiger partial charge in [-0.3, -0.25) is 14.8 Å². The van der Waals surface area contributed by atoms with Crippen LogP contribution in [0.3, 0.4) is 0 Å². The van der Waals surface area contributed by atoms with Gasteiger partial charge in [-0.2, -0.15) is 13.2 Å². The highest BCUT2D eigenvalue weighted by molar-refractivity contribution is 6.00. The van der Waals surface area contributed by atoms with Crippen LogP contribution in [-0.2, 0) is 6.18 Å². The summed E-state index contributed by atoms with van der Waals surface area (Å²) in [6.45, 7) is 4.42. The van der Waals surface area contributed by atoms with Crippen molar-refractivity contribution >= 4 is 5.91 Å². The molecule has 3 fully saturated rings. The number of halogens is 3. The second-order valence-electron chi connectivity index (χ2n) is 9.26. The van der Waals surface area contributed by atoms with Crippen molar-refractivity contribution in [3.05, 3.63) is 71.2 Å². The van der Waals surface area contributed by atoms with Gasteiger partial charge in [-0.05, 0) is 68.9 Å². The maximum Gasteiger partial charge on any atom is 0.417 e. The largest absolute Gasteiger partial charge is 0.472 e. The summed E-state index contributed by atoms with van der Waals surface area (Å²) in [5.41, 5.74) is 2.60. The fourth-order valence-corrected chi connectivity index (χ4v) is 5.06. The van der Waals surface area contributed by atoms with Crippen LogP contribution in [-0.4, -0.2) is 44.4 Å². The van der Waals surface area contributed by atoms with Gasteiger partial charge in [0.25, 0.3) is 5.91 Å². The molecule has 35 heavy (non-hydrogen) atoms. The van der Waals surface area contributed by atoms with Crippen LogP contribution in [0.25, 0.3) is 11.4 Å². The Bertz CT molecular complexity index is 1250. The van der Waals surface area contributed by atoms with Crippen LogP contribution in [0, 0.1) is 19.8 Å². The lowest BCUT2D eigenvalue weighted by Gasteiger charge is -2.49. The first-order valence-corrected chi connectivity index (χ1v) is 11.6. The number of carbonyl (C=O) groups is 1. The van der Waals surface area contributed by atoms with E-state index in [0.29, 0.717) is 23.5 Å². The summed E-state index contributed by atoms with van der Waals surface area (Å²) in [5.74, 6) is 0.243. The molecule has 0 spiro atoms. The van der Waals surface area contributed by atoms with Crippen molar-refractivity contribution in [1.82, 2.24) is 19.9 Å². The standard InChI is InChI=1S/C26H25F3N4O2/c1-15-4-3-11-30-23(15)24-19(8-5-16(2)32-24)25(34)33-14-17-6-9-20(33)21(12-17)35-22-10-7-18(13-31-22)26(27,28)29/h3-5,7-8,10-11,13,17,20-21H,6,9,12,14H2,1-2H3/t17-,20+,21-/m1/s1. The highest BCUT2D eigenvalue weighted by Crippen LogP contribution is 2.39. The number of amides is 1. The molecule has 2 saturated heterocycles. The van der Waals surface area contributed by atoms with Crippen molar-refractivity contribution in [2.45, 2.75) is 51.4 Å².